The van der Waals surface area contributed by atoms with Crippen molar-refractivity contribution < 1.29 is 23.1 Å². The summed E-state index contributed by atoms with van der Waals surface area (Å²) in [6, 6.07) is 7.51. The molecule has 1 N–H and O–H groups in total. The van der Waals surface area contributed by atoms with Crippen molar-refractivity contribution in [3.63, 3.8) is 0 Å². The number of fused-ring (bicyclic) bond motifs is 1. The van der Waals surface area contributed by atoms with Gasteiger partial charge in [-0.05, 0) is 43.7 Å². The minimum atomic E-state index is -3.93. The van der Waals surface area contributed by atoms with Gasteiger partial charge in [0.2, 0.25) is 10.0 Å². The summed E-state index contributed by atoms with van der Waals surface area (Å²) >= 11 is 0. The lowest BCUT2D eigenvalue weighted by molar-refractivity contribution is 0.0563. The van der Waals surface area contributed by atoms with Gasteiger partial charge in [-0.25, -0.2) is 8.42 Å². The second-order valence-corrected chi connectivity index (χ2v) is 10.7. The van der Waals surface area contributed by atoms with Gasteiger partial charge in [0.1, 0.15) is 16.7 Å². The third-order valence-electron chi connectivity index (χ3n) is 6.00. The van der Waals surface area contributed by atoms with Crippen LogP contribution in [0.5, 0.6) is 5.75 Å². The van der Waals surface area contributed by atoms with Crippen LogP contribution in [0.3, 0.4) is 0 Å². The van der Waals surface area contributed by atoms with Crippen molar-refractivity contribution in [1.29, 1.82) is 0 Å². The Morgan fingerprint density at radius 3 is 2.69 bits per heavy atom. The highest BCUT2D eigenvalue weighted by Gasteiger charge is 2.38. The van der Waals surface area contributed by atoms with Crippen molar-refractivity contribution in [1.82, 2.24) is 14.2 Å². The zero-order valence-electron chi connectivity index (χ0n) is 20.6. The van der Waals surface area contributed by atoms with Crippen LogP contribution in [0.2, 0.25) is 0 Å². The topological polar surface area (TPSA) is 100 Å². The quantitative estimate of drug-likeness (QED) is 0.614. The van der Waals surface area contributed by atoms with Crippen molar-refractivity contribution in [2.75, 3.05) is 26.7 Å². The summed E-state index contributed by atoms with van der Waals surface area (Å²) < 4.78 is 34.7. The van der Waals surface area contributed by atoms with Gasteiger partial charge in [0.05, 0.1) is 13.2 Å². The Balaban J connectivity index is 2.01. The Morgan fingerprint density at radius 2 is 2.03 bits per heavy atom. The van der Waals surface area contributed by atoms with Crippen LogP contribution in [-0.2, 0) is 10.0 Å². The number of pyridine rings is 1. The van der Waals surface area contributed by atoms with E-state index in [9.17, 15) is 18.3 Å². The number of aromatic nitrogens is 1. The van der Waals surface area contributed by atoms with Crippen molar-refractivity contribution >= 4 is 15.9 Å². The van der Waals surface area contributed by atoms with Crippen LogP contribution in [-0.4, -0.2) is 72.5 Å². The molecule has 3 rings (SSSR count). The summed E-state index contributed by atoms with van der Waals surface area (Å²) in [5.41, 5.74) is 1.16. The predicted molar refractivity (Wildman–Crippen MR) is 133 cm³/mol. The lowest BCUT2D eigenvalue weighted by atomic mass is 10.0. The smallest absolute Gasteiger partial charge is 0.253 e. The molecule has 35 heavy (non-hydrogen) atoms. The molecule has 8 nitrogen and oxygen atoms in total. The Kier molecular flexibility index (Phi) is 8.89. The molecule has 3 atom stereocenters. The van der Waals surface area contributed by atoms with Crippen molar-refractivity contribution in [2.24, 2.45) is 5.92 Å². The number of benzene rings is 1. The molecule has 0 aliphatic carbocycles. The van der Waals surface area contributed by atoms with Gasteiger partial charge in [0.15, 0.2) is 0 Å². The monoisotopic (exact) mass is 499 g/mol. The van der Waals surface area contributed by atoms with E-state index in [1.54, 1.807) is 55.5 Å². The van der Waals surface area contributed by atoms with E-state index in [0.29, 0.717) is 11.1 Å². The third kappa shape index (κ3) is 6.20. The lowest BCUT2D eigenvalue weighted by Gasteiger charge is -2.37. The van der Waals surface area contributed by atoms with Gasteiger partial charge in [-0.15, -0.1) is 0 Å². The Morgan fingerprint density at radius 1 is 1.31 bits per heavy atom. The van der Waals surface area contributed by atoms with E-state index < -0.39 is 22.2 Å². The van der Waals surface area contributed by atoms with E-state index >= 15 is 0 Å². The average molecular weight is 500 g/mol. The molecule has 0 radical (unpaired) electrons. The van der Waals surface area contributed by atoms with E-state index in [0.717, 1.165) is 12.8 Å². The first-order chi connectivity index (χ1) is 16.7. The fourth-order valence-electron chi connectivity index (χ4n) is 3.88. The van der Waals surface area contributed by atoms with Crippen LogP contribution >= 0.6 is 0 Å². The summed E-state index contributed by atoms with van der Waals surface area (Å²) in [5, 5.41) is 9.78. The molecular formula is C26H33N3O5S. The first kappa shape index (κ1) is 26.7. The number of nitrogens with zero attached hydrogens (tertiary/aromatic N) is 3. The number of carbonyl (C=O) groups is 1. The van der Waals surface area contributed by atoms with E-state index in [1.807, 2.05) is 13.8 Å². The van der Waals surface area contributed by atoms with E-state index in [1.165, 1.54) is 10.4 Å². The zero-order valence-corrected chi connectivity index (χ0v) is 21.5. The molecule has 1 aromatic carbocycles. The van der Waals surface area contributed by atoms with Gasteiger partial charge in [0, 0.05) is 55.5 Å². The molecule has 1 aliphatic heterocycles. The molecule has 0 unspecified atom stereocenters. The number of ether oxygens (including phenoxy) is 1. The second-order valence-electron chi connectivity index (χ2n) is 8.87. The molecule has 1 aromatic heterocycles. The maximum atomic E-state index is 13.5. The number of amides is 1. The maximum Gasteiger partial charge on any atom is 0.253 e. The Bertz CT molecular complexity index is 1190. The number of hydrogen-bond donors (Lipinski definition) is 1. The van der Waals surface area contributed by atoms with Crippen molar-refractivity contribution in [3.05, 3.63) is 53.9 Å². The second kappa shape index (κ2) is 11.7. The van der Waals surface area contributed by atoms with Gasteiger partial charge in [-0.1, -0.05) is 25.7 Å². The largest absolute Gasteiger partial charge is 0.487 e. The number of carbonyl (C=O) groups excluding carboxylic acids is 1. The molecule has 0 fully saturated rings. The summed E-state index contributed by atoms with van der Waals surface area (Å²) in [7, 11) is -2.24. The number of aliphatic hydroxyl groups is 1. The van der Waals surface area contributed by atoms with E-state index in [-0.39, 0.29) is 42.2 Å². The van der Waals surface area contributed by atoms with Crippen LogP contribution < -0.4 is 4.74 Å². The SMILES string of the molecule is CCCC#Cc1ccc2c(c1)O[C@@H](CN(C)C(=O)c1ccncc1)[C@@H](C)CN([C@@H](C)CO)S2(=O)=O. The average Bonchev–Trinajstić information content (AvgIpc) is 2.85. The molecule has 1 amide bonds. The van der Waals surface area contributed by atoms with Gasteiger partial charge in [0.25, 0.3) is 5.91 Å². The molecule has 2 heterocycles. The van der Waals surface area contributed by atoms with E-state index in [4.69, 9.17) is 4.74 Å². The van der Waals surface area contributed by atoms with Crippen molar-refractivity contribution in [3.8, 4) is 17.6 Å². The number of hydrogen-bond acceptors (Lipinski definition) is 6. The molecule has 0 bridgehead atoms. The third-order valence-corrected chi connectivity index (χ3v) is 8.02. The van der Waals surface area contributed by atoms with Crippen LogP contribution in [0.1, 0.15) is 49.5 Å². The van der Waals surface area contributed by atoms with Crippen LogP contribution in [0.25, 0.3) is 0 Å². The zero-order chi connectivity index (χ0) is 25.6. The summed E-state index contributed by atoms with van der Waals surface area (Å²) in [6.45, 7) is 5.67. The van der Waals surface area contributed by atoms with Crippen LogP contribution in [0, 0.1) is 17.8 Å². The highest BCUT2D eigenvalue weighted by atomic mass is 32.2. The highest BCUT2D eigenvalue weighted by molar-refractivity contribution is 7.89. The fourth-order valence-corrected chi connectivity index (χ4v) is 5.70. The van der Waals surface area contributed by atoms with Gasteiger partial charge in [-0.2, -0.15) is 4.31 Å². The number of aliphatic hydroxyl groups excluding tert-OH is 1. The number of rotatable bonds is 6. The first-order valence-corrected chi connectivity index (χ1v) is 13.2. The van der Waals surface area contributed by atoms with Gasteiger partial charge in [-0.3, -0.25) is 9.78 Å². The highest BCUT2D eigenvalue weighted by Crippen LogP contribution is 2.34. The fraction of sp³-hybridized carbons (Fsp3) is 0.462. The Hall–Kier alpha value is -2.93. The molecular weight excluding hydrogens is 466 g/mol. The number of sulfonamides is 1. The van der Waals surface area contributed by atoms with Crippen LogP contribution in [0.4, 0.5) is 0 Å². The first-order valence-electron chi connectivity index (χ1n) is 11.8. The Labute approximate surface area is 208 Å². The summed E-state index contributed by atoms with van der Waals surface area (Å²) in [5.74, 6) is 5.88. The normalized spacial score (nSPS) is 20.3. The van der Waals surface area contributed by atoms with Gasteiger partial charge >= 0.3 is 0 Å². The minimum Gasteiger partial charge on any atom is -0.487 e. The van der Waals surface area contributed by atoms with Crippen molar-refractivity contribution in [2.45, 2.75) is 50.7 Å². The summed E-state index contributed by atoms with van der Waals surface area (Å²) in [6.07, 6.45) is 4.29. The minimum absolute atomic E-state index is 0.0267. The number of likely N-dealkylation sites (N-methyl/N-ethyl adjacent to an activating group) is 1. The van der Waals surface area contributed by atoms with Gasteiger partial charge < -0.3 is 14.7 Å². The molecule has 0 saturated carbocycles. The molecule has 2 aromatic rings. The summed E-state index contributed by atoms with van der Waals surface area (Å²) in [4.78, 5) is 18.5. The molecule has 188 valence electrons. The lowest BCUT2D eigenvalue weighted by Crippen LogP contribution is -2.50. The predicted octanol–water partition coefficient (Wildman–Crippen LogP) is 2.77. The standard InChI is InChI=1S/C26H33N3O5S/c1-5-6-7-8-21-9-10-25-23(15-21)34-24(17-28(4)26(31)22-11-13-27-14-12-22)19(2)16-29(20(3)18-30)35(25,32)33/h9-15,19-20,24,30H,5-6,16-18H2,1-4H3/t19-,20-,24-/m0/s1. The molecule has 1 aliphatic rings. The molecule has 0 spiro atoms. The number of unbranched alkanes of at least 4 members (excludes halogenated alkanes) is 1. The van der Waals surface area contributed by atoms with E-state index in [2.05, 4.69) is 16.8 Å². The maximum absolute atomic E-state index is 13.5. The molecule has 0 saturated heterocycles. The van der Waals surface area contributed by atoms with Crippen LogP contribution in [0.15, 0.2) is 47.6 Å². The molecule has 9 heteroatoms.